The predicted molar refractivity (Wildman–Crippen MR) is 51.4 cm³/mol. The maximum Gasteiger partial charge on any atom is 0.309 e. The van der Waals surface area contributed by atoms with E-state index in [-0.39, 0.29) is 12.4 Å². The lowest BCUT2D eigenvalue weighted by Crippen LogP contribution is -2.18. The molecule has 0 atom stereocenters. The van der Waals surface area contributed by atoms with E-state index in [1.54, 1.807) is 12.1 Å². The Bertz CT molecular complexity index is 375. The van der Waals surface area contributed by atoms with Crippen molar-refractivity contribution in [2.45, 2.75) is 6.42 Å². The van der Waals surface area contributed by atoms with Gasteiger partial charge in [0.25, 0.3) is 5.91 Å². The van der Waals surface area contributed by atoms with E-state index in [4.69, 9.17) is 5.21 Å². The number of methoxy groups -OCH3 is 1. The Hall–Kier alpha value is -1.88. The third-order valence-corrected chi connectivity index (χ3v) is 1.87. The molecule has 2 N–H and O–H groups in total. The van der Waals surface area contributed by atoms with Crippen LogP contribution in [-0.2, 0) is 16.0 Å². The summed E-state index contributed by atoms with van der Waals surface area (Å²) in [5.41, 5.74) is 2.47. The molecule has 5 heteroatoms. The summed E-state index contributed by atoms with van der Waals surface area (Å²) in [5.74, 6) is -0.988. The van der Waals surface area contributed by atoms with Gasteiger partial charge in [-0.15, -0.1) is 0 Å². The van der Waals surface area contributed by atoms with Gasteiger partial charge >= 0.3 is 5.97 Å². The van der Waals surface area contributed by atoms with Crippen molar-refractivity contribution in [2.75, 3.05) is 7.11 Å². The van der Waals surface area contributed by atoms with Crippen molar-refractivity contribution in [1.29, 1.82) is 0 Å². The summed E-state index contributed by atoms with van der Waals surface area (Å²) in [6.07, 6.45) is 0.100. The minimum atomic E-state index is -0.610. The van der Waals surface area contributed by atoms with Crippen molar-refractivity contribution in [1.82, 2.24) is 5.48 Å². The predicted octanol–water partition coefficient (Wildman–Crippen LogP) is 0.521. The molecule has 0 aliphatic carbocycles. The van der Waals surface area contributed by atoms with Crippen molar-refractivity contribution < 1.29 is 19.5 Å². The van der Waals surface area contributed by atoms with Crippen molar-refractivity contribution in [2.24, 2.45) is 0 Å². The molecule has 5 nitrogen and oxygen atoms in total. The zero-order valence-electron chi connectivity index (χ0n) is 8.19. The molecule has 0 heterocycles. The number of rotatable bonds is 3. The fourth-order valence-corrected chi connectivity index (χ4v) is 1.13. The van der Waals surface area contributed by atoms with Crippen molar-refractivity contribution >= 4 is 11.9 Å². The van der Waals surface area contributed by atoms with Gasteiger partial charge in [0.2, 0.25) is 0 Å². The molecule has 1 aromatic rings. The first kappa shape index (κ1) is 11.2. The third kappa shape index (κ3) is 3.07. The minimum Gasteiger partial charge on any atom is -0.469 e. The number of carbonyl (C=O) groups is 2. The Balaban J connectivity index is 2.83. The Morgan fingerprint density at radius 3 is 2.80 bits per heavy atom. The van der Waals surface area contributed by atoms with Crippen LogP contribution in [0, 0.1) is 0 Å². The highest BCUT2D eigenvalue weighted by Crippen LogP contribution is 2.06. The van der Waals surface area contributed by atoms with E-state index >= 15 is 0 Å². The van der Waals surface area contributed by atoms with Crippen LogP contribution >= 0.6 is 0 Å². The van der Waals surface area contributed by atoms with E-state index in [0.29, 0.717) is 11.1 Å². The number of hydrogen-bond donors (Lipinski definition) is 2. The van der Waals surface area contributed by atoms with Crippen molar-refractivity contribution in [3.05, 3.63) is 35.4 Å². The maximum atomic E-state index is 11.0. The highest BCUT2D eigenvalue weighted by molar-refractivity contribution is 5.93. The second kappa shape index (κ2) is 5.11. The lowest BCUT2D eigenvalue weighted by Gasteiger charge is -2.02. The molecule has 0 saturated heterocycles. The average molecular weight is 209 g/mol. The van der Waals surface area contributed by atoms with Crippen molar-refractivity contribution in [3.63, 3.8) is 0 Å². The number of carbonyl (C=O) groups excluding carboxylic acids is 2. The fraction of sp³-hybridized carbons (Fsp3) is 0.200. The number of hydroxylamine groups is 1. The summed E-state index contributed by atoms with van der Waals surface area (Å²) >= 11 is 0. The average Bonchev–Trinajstić information content (AvgIpc) is 2.28. The SMILES string of the molecule is COC(=O)Cc1cccc(C(=O)NO)c1. The van der Waals surface area contributed by atoms with Gasteiger partial charge in [-0.3, -0.25) is 14.8 Å². The monoisotopic (exact) mass is 209 g/mol. The molecular weight excluding hydrogens is 198 g/mol. The molecule has 0 aliphatic heterocycles. The molecule has 0 fully saturated rings. The third-order valence-electron chi connectivity index (χ3n) is 1.87. The van der Waals surface area contributed by atoms with Gasteiger partial charge in [0.1, 0.15) is 0 Å². The molecule has 1 rings (SSSR count). The number of nitrogens with one attached hydrogen (secondary N) is 1. The molecule has 0 unspecified atom stereocenters. The maximum absolute atomic E-state index is 11.0. The van der Waals surface area contributed by atoms with Crippen molar-refractivity contribution in [3.8, 4) is 0 Å². The Labute approximate surface area is 86.6 Å². The molecule has 15 heavy (non-hydrogen) atoms. The lowest BCUT2D eigenvalue weighted by atomic mass is 10.1. The number of benzene rings is 1. The molecule has 0 radical (unpaired) electrons. The van der Waals surface area contributed by atoms with Crippen LogP contribution in [0.3, 0.4) is 0 Å². The minimum absolute atomic E-state index is 0.100. The molecule has 0 spiro atoms. The second-order valence-corrected chi connectivity index (χ2v) is 2.89. The highest BCUT2D eigenvalue weighted by atomic mass is 16.5. The van der Waals surface area contributed by atoms with Crippen LogP contribution in [0.1, 0.15) is 15.9 Å². The van der Waals surface area contributed by atoms with Gasteiger partial charge in [0.05, 0.1) is 13.5 Å². The number of hydrogen-bond acceptors (Lipinski definition) is 4. The van der Waals surface area contributed by atoms with Gasteiger partial charge in [0, 0.05) is 5.56 Å². The smallest absolute Gasteiger partial charge is 0.309 e. The normalized spacial score (nSPS) is 9.47. The molecule has 1 aromatic carbocycles. The summed E-state index contributed by atoms with van der Waals surface area (Å²) in [4.78, 5) is 22.0. The van der Waals surface area contributed by atoms with Gasteiger partial charge in [-0.1, -0.05) is 12.1 Å². The first-order chi connectivity index (χ1) is 7.17. The van der Waals surface area contributed by atoms with Crippen LogP contribution in [0.25, 0.3) is 0 Å². The largest absolute Gasteiger partial charge is 0.469 e. The summed E-state index contributed by atoms with van der Waals surface area (Å²) in [7, 11) is 1.30. The van der Waals surface area contributed by atoms with E-state index in [2.05, 4.69) is 4.74 Å². The quantitative estimate of drug-likeness (QED) is 0.432. The second-order valence-electron chi connectivity index (χ2n) is 2.89. The van der Waals surface area contributed by atoms with E-state index in [1.807, 2.05) is 0 Å². The Kier molecular flexibility index (Phi) is 3.82. The van der Waals surface area contributed by atoms with Gasteiger partial charge in [-0.25, -0.2) is 5.48 Å². The number of esters is 1. The van der Waals surface area contributed by atoms with Crippen LogP contribution in [0.2, 0.25) is 0 Å². The van der Waals surface area contributed by atoms with Crippen LogP contribution in [0.5, 0.6) is 0 Å². The Morgan fingerprint density at radius 1 is 1.47 bits per heavy atom. The molecule has 0 saturated carbocycles. The van der Waals surface area contributed by atoms with Gasteiger partial charge in [-0.05, 0) is 17.7 Å². The van der Waals surface area contributed by atoms with Gasteiger partial charge in [-0.2, -0.15) is 0 Å². The summed E-state index contributed by atoms with van der Waals surface area (Å²) in [5, 5.41) is 8.42. The van der Waals surface area contributed by atoms with Crippen LogP contribution in [0.15, 0.2) is 24.3 Å². The van der Waals surface area contributed by atoms with Crippen LogP contribution < -0.4 is 5.48 Å². The van der Waals surface area contributed by atoms with Gasteiger partial charge in [0.15, 0.2) is 0 Å². The molecule has 80 valence electrons. The molecule has 0 aromatic heterocycles. The summed E-state index contributed by atoms with van der Waals surface area (Å²) < 4.78 is 4.49. The molecule has 0 bridgehead atoms. The number of ether oxygens (including phenoxy) is 1. The van der Waals surface area contributed by atoms with Gasteiger partial charge < -0.3 is 4.74 Å². The molecular formula is C10H11NO4. The van der Waals surface area contributed by atoms with E-state index in [9.17, 15) is 9.59 Å². The fourth-order valence-electron chi connectivity index (χ4n) is 1.13. The number of amides is 1. The summed E-state index contributed by atoms with van der Waals surface area (Å²) in [6.45, 7) is 0. The molecule has 1 amide bonds. The summed E-state index contributed by atoms with van der Waals surface area (Å²) in [6, 6.07) is 6.38. The van der Waals surface area contributed by atoms with E-state index < -0.39 is 5.91 Å². The zero-order chi connectivity index (χ0) is 11.3. The zero-order valence-corrected chi connectivity index (χ0v) is 8.19. The topological polar surface area (TPSA) is 75.6 Å². The highest BCUT2D eigenvalue weighted by Gasteiger charge is 2.07. The van der Waals surface area contributed by atoms with Crippen LogP contribution in [-0.4, -0.2) is 24.2 Å². The molecule has 0 aliphatic rings. The first-order valence-corrected chi connectivity index (χ1v) is 4.27. The lowest BCUT2D eigenvalue weighted by molar-refractivity contribution is -0.139. The van der Waals surface area contributed by atoms with Crippen LogP contribution in [0.4, 0.5) is 0 Å². The van der Waals surface area contributed by atoms with E-state index in [0.717, 1.165) is 0 Å². The Morgan fingerprint density at radius 2 is 2.20 bits per heavy atom. The first-order valence-electron chi connectivity index (χ1n) is 4.27. The standard InChI is InChI=1S/C10H11NO4/c1-15-9(12)6-7-3-2-4-8(5-7)10(13)11-14/h2-5,14H,6H2,1H3,(H,11,13). The van der Waals surface area contributed by atoms with E-state index in [1.165, 1.54) is 24.7 Å².